The van der Waals surface area contributed by atoms with Crippen molar-refractivity contribution in [2.75, 3.05) is 32.6 Å². The largest absolute Gasteiger partial charge is 0.465 e. The maximum absolute atomic E-state index is 12.1. The molecule has 1 atom stereocenters. The average Bonchev–Trinajstić information content (AvgIpc) is 2.81. The van der Waals surface area contributed by atoms with Crippen LogP contribution in [0.2, 0.25) is 0 Å². The highest BCUT2D eigenvalue weighted by atomic mass is 32.1. The van der Waals surface area contributed by atoms with Crippen LogP contribution < -0.4 is 5.73 Å². The number of carbonyl (C=O) groups excluding carboxylic acids is 1. The minimum absolute atomic E-state index is 0.250. The number of aromatic nitrogens is 1. The number of rotatable bonds is 9. The summed E-state index contributed by atoms with van der Waals surface area (Å²) in [7, 11) is 1.58. The zero-order valence-electron chi connectivity index (χ0n) is 12.3. The molecule has 0 aliphatic heterocycles. The lowest BCUT2D eigenvalue weighted by atomic mass is 10.2. The quantitative estimate of drug-likeness (QED) is 0.697. The summed E-state index contributed by atoms with van der Waals surface area (Å²) >= 11 is 1.43. The van der Waals surface area contributed by atoms with Crippen LogP contribution in [0.1, 0.15) is 25.1 Å². The van der Waals surface area contributed by atoms with E-state index in [2.05, 4.69) is 16.8 Å². The van der Waals surface area contributed by atoms with Crippen molar-refractivity contribution < 1.29 is 14.3 Å². The second-order valence-electron chi connectivity index (χ2n) is 4.36. The van der Waals surface area contributed by atoms with Gasteiger partial charge < -0.3 is 15.2 Å². The Balaban J connectivity index is 2.80. The molecule has 0 aliphatic carbocycles. The molecule has 0 saturated heterocycles. The second kappa shape index (κ2) is 8.89. The van der Waals surface area contributed by atoms with Gasteiger partial charge in [-0.2, -0.15) is 0 Å². The van der Waals surface area contributed by atoms with Crippen molar-refractivity contribution in [1.29, 1.82) is 0 Å². The fourth-order valence-electron chi connectivity index (χ4n) is 1.95. The third-order valence-electron chi connectivity index (χ3n) is 2.77. The van der Waals surface area contributed by atoms with Gasteiger partial charge >= 0.3 is 5.97 Å². The molecule has 7 heteroatoms. The van der Waals surface area contributed by atoms with Crippen LogP contribution in [0, 0.1) is 0 Å². The van der Waals surface area contributed by atoms with E-state index < -0.39 is 6.04 Å². The molecule has 0 fully saturated rings. The van der Waals surface area contributed by atoms with Gasteiger partial charge in [0.25, 0.3) is 0 Å². The normalized spacial score (nSPS) is 12.6. The average molecular weight is 301 g/mol. The van der Waals surface area contributed by atoms with E-state index in [0.29, 0.717) is 24.9 Å². The van der Waals surface area contributed by atoms with E-state index in [1.807, 2.05) is 0 Å². The van der Waals surface area contributed by atoms with Crippen molar-refractivity contribution in [1.82, 2.24) is 9.88 Å². The molecule has 1 heterocycles. The van der Waals surface area contributed by atoms with E-state index in [0.717, 1.165) is 17.8 Å². The first-order chi connectivity index (χ1) is 9.62. The molecule has 6 nitrogen and oxygen atoms in total. The first-order valence-corrected chi connectivity index (χ1v) is 7.53. The van der Waals surface area contributed by atoms with Crippen LogP contribution >= 0.6 is 11.3 Å². The zero-order valence-corrected chi connectivity index (χ0v) is 13.1. The molecule has 0 bridgehead atoms. The number of nitrogens with two attached hydrogens (primary N) is 1. The van der Waals surface area contributed by atoms with Gasteiger partial charge in [0.2, 0.25) is 0 Å². The predicted octanol–water partition coefficient (Wildman–Crippen LogP) is 1.52. The summed E-state index contributed by atoms with van der Waals surface area (Å²) in [5.74, 6) is -0.250. The van der Waals surface area contributed by atoms with Crippen molar-refractivity contribution in [3.63, 3.8) is 0 Å². The molecule has 1 aromatic heterocycles. The lowest BCUT2D eigenvalue weighted by Crippen LogP contribution is -2.45. The highest BCUT2D eigenvalue weighted by molar-refractivity contribution is 7.15. The molecule has 0 radical (unpaired) electrons. The highest BCUT2D eigenvalue weighted by Gasteiger charge is 2.27. The molecular formula is C13H23N3O3S. The lowest BCUT2D eigenvalue weighted by molar-refractivity contribution is -0.152. The predicted molar refractivity (Wildman–Crippen MR) is 79.5 cm³/mol. The zero-order chi connectivity index (χ0) is 15.0. The molecule has 114 valence electrons. The second-order valence-corrected chi connectivity index (χ2v) is 5.51. The Hall–Kier alpha value is -1.18. The monoisotopic (exact) mass is 301 g/mol. The van der Waals surface area contributed by atoms with Crippen molar-refractivity contribution in [2.24, 2.45) is 0 Å². The Morgan fingerprint density at radius 2 is 2.30 bits per heavy atom. The minimum Gasteiger partial charge on any atom is -0.465 e. The molecule has 0 aliphatic rings. The molecular weight excluding hydrogens is 278 g/mol. The third kappa shape index (κ3) is 5.07. The molecule has 20 heavy (non-hydrogen) atoms. The Kier molecular flexibility index (Phi) is 7.50. The number of anilines is 1. The van der Waals surface area contributed by atoms with E-state index in [1.54, 1.807) is 20.2 Å². The summed E-state index contributed by atoms with van der Waals surface area (Å²) in [4.78, 5) is 19.2. The molecule has 0 spiro atoms. The van der Waals surface area contributed by atoms with Gasteiger partial charge in [-0.15, -0.1) is 11.3 Å². The first kappa shape index (κ1) is 16.9. The van der Waals surface area contributed by atoms with Gasteiger partial charge in [-0.25, -0.2) is 4.98 Å². The van der Waals surface area contributed by atoms with E-state index in [-0.39, 0.29) is 5.97 Å². The van der Waals surface area contributed by atoms with Crippen LogP contribution in [-0.2, 0) is 20.8 Å². The molecule has 1 unspecified atom stereocenters. The number of ether oxygens (including phenoxy) is 2. The Labute approximate surface area is 123 Å². The topological polar surface area (TPSA) is 77.7 Å². The minimum atomic E-state index is -0.400. The van der Waals surface area contributed by atoms with E-state index in [9.17, 15) is 4.79 Å². The van der Waals surface area contributed by atoms with Crippen molar-refractivity contribution >= 4 is 22.4 Å². The summed E-state index contributed by atoms with van der Waals surface area (Å²) in [6.45, 7) is 5.96. The van der Waals surface area contributed by atoms with Gasteiger partial charge in [0, 0.05) is 24.7 Å². The molecule has 0 amide bonds. The van der Waals surface area contributed by atoms with Gasteiger partial charge in [-0.1, -0.05) is 6.92 Å². The van der Waals surface area contributed by atoms with Gasteiger partial charge in [0.05, 0.1) is 13.2 Å². The number of methoxy groups -OCH3 is 1. The van der Waals surface area contributed by atoms with Crippen molar-refractivity contribution in [3.05, 3.63) is 11.1 Å². The van der Waals surface area contributed by atoms with Crippen LogP contribution in [-0.4, -0.2) is 48.8 Å². The number of nitrogen functional groups attached to an aromatic ring is 1. The van der Waals surface area contributed by atoms with Crippen molar-refractivity contribution in [2.45, 2.75) is 32.9 Å². The van der Waals surface area contributed by atoms with Gasteiger partial charge in [0.1, 0.15) is 6.04 Å². The summed E-state index contributed by atoms with van der Waals surface area (Å²) in [5, 5.41) is 0.538. The molecule has 2 N–H and O–H groups in total. The number of hydrogen-bond donors (Lipinski definition) is 1. The van der Waals surface area contributed by atoms with Crippen LogP contribution in [0.4, 0.5) is 5.13 Å². The molecule has 1 aromatic rings. The molecule has 0 saturated carbocycles. The highest BCUT2D eigenvalue weighted by Crippen LogP contribution is 2.18. The first-order valence-electron chi connectivity index (χ1n) is 6.72. The number of carbonyl (C=O) groups is 1. The molecule has 0 aromatic carbocycles. The van der Waals surface area contributed by atoms with Crippen molar-refractivity contribution in [3.8, 4) is 0 Å². The molecule has 1 rings (SSSR count). The maximum Gasteiger partial charge on any atom is 0.325 e. The lowest BCUT2D eigenvalue weighted by Gasteiger charge is -2.28. The van der Waals surface area contributed by atoms with Crippen LogP contribution in [0.25, 0.3) is 0 Å². The summed E-state index contributed by atoms with van der Waals surface area (Å²) in [5.41, 5.74) is 5.64. The smallest absolute Gasteiger partial charge is 0.325 e. The standard InChI is InChI=1S/C13H23N3O3S/c1-4-6-16(8-10-7-15-13(14)20-10)11(9-18-3)12(17)19-5-2/h7,11H,4-6,8-9H2,1-3H3,(H2,14,15). The Morgan fingerprint density at radius 3 is 2.80 bits per heavy atom. The van der Waals surface area contributed by atoms with E-state index >= 15 is 0 Å². The number of thiazole rings is 1. The fraction of sp³-hybridized carbons (Fsp3) is 0.692. The fourth-order valence-corrected chi connectivity index (χ4v) is 2.66. The summed E-state index contributed by atoms with van der Waals surface area (Å²) in [6, 6.07) is -0.400. The SMILES string of the molecule is CCCN(Cc1cnc(N)s1)C(COC)C(=O)OCC. The van der Waals surface area contributed by atoms with Crippen LogP contribution in [0.3, 0.4) is 0 Å². The van der Waals surface area contributed by atoms with E-state index in [4.69, 9.17) is 15.2 Å². The van der Waals surface area contributed by atoms with Gasteiger partial charge in [0.15, 0.2) is 5.13 Å². The van der Waals surface area contributed by atoms with E-state index in [1.165, 1.54) is 11.3 Å². The third-order valence-corrected chi connectivity index (χ3v) is 3.58. The van der Waals surface area contributed by atoms with Crippen LogP contribution in [0.15, 0.2) is 6.20 Å². The summed E-state index contributed by atoms with van der Waals surface area (Å²) < 4.78 is 10.3. The number of hydrogen-bond acceptors (Lipinski definition) is 7. The number of esters is 1. The summed E-state index contributed by atoms with van der Waals surface area (Å²) in [6.07, 6.45) is 2.69. The van der Waals surface area contributed by atoms with Crippen LogP contribution in [0.5, 0.6) is 0 Å². The van der Waals surface area contributed by atoms with Gasteiger partial charge in [-0.3, -0.25) is 9.69 Å². The Morgan fingerprint density at radius 1 is 1.55 bits per heavy atom. The van der Waals surface area contributed by atoms with Gasteiger partial charge in [-0.05, 0) is 19.9 Å². The maximum atomic E-state index is 12.1. The Bertz CT molecular complexity index is 411. The number of nitrogens with zero attached hydrogens (tertiary/aromatic N) is 2.